The first-order chi connectivity index (χ1) is 25.5. The monoisotopic (exact) mass is 729 g/mol. The van der Waals surface area contributed by atoms with Gasteiger partial charge in [-0.1, -0.05) is 219 Å². The van der Waals surface area contributed by atoms with Crippen LogP contribution < -0.4 is 0 Å². The highest BCUT2D eigenvalue weighted by molar-refractivity contribution is 6.00. The van der Waals surface area contributed by atoms with Gasteiger partial charge in [0.2, 0.25) is 0 Å². The molecule has 5 nitrogen and oxygen atoms in total. The first kappa shape index (κ1) is 50.0. The SMILES string of the molecule is CCCCCCCCCCCCCCCCCCCC(=O)/C=C\C(=O)COC(=O)/C=C\C(=O)CCCCCCCCCCCCCCCCCCC. The molecule has 0 rings (SSSR count). The number of carbonyl (C=O) groups excluding carboxylic acids is 4. The number of hydrogen-bond donors (Lipinski definition) is 0. The number of ether oxygens (including phenoxy) is 1. The number of allylic oxidation sites excluding steroid dienone is 2. The molecule has 0 aromatic rings. The van der Waals surface area contributed by atoms with Crippen LogP contribution in [0.25, 0.3) is 0 Å². The summed E-state index contributed by atoms with van der Waals surface area (Å²) in [4.78, 5) is 48.1. The van der Waals surface area contributed by atoms with Crippen molar-refractivity contribution in [1.29, 1.82) is 0 Å². The maximum Gasteiger partial charge on any atom is 0.331 e. The highest BCUT2D eigenvalue weighted by Crippen LogP contribution is 2.16. The highest BCUT2D eigenvalue weighted by Gasteiger charge is 2.05. The Morgan fingerprint density at radius 2 is 0.538 bits per heavy atom. The van der Waals surface area contributed by atoms with Crippen LogP contribution in [0.15, 0.2) is 24.3 Å². The quantitative estimate of drug-likeness (QED) is 0.0355. The smallest absolute Gasteiger partial charge is 0.331 e. The Bertz CT molecular complexity index is 816. The molecule has 0 saturated heterocycles. The van der Waals surface area contributed by atoms with Crippen molar-refractivity contribution in [2.75, 3.05) is 6.61 Å². The molecule has 0 N–H and O–H groups in total. The fraction of sp³-hybridized carbons (Fsp3) is 0.830. The third kappa shape index (κ3) is 40.7. The van der Waals surface area contributed by atoms with Crippen LogP contribution in [0.1, 0.15) is 245 Å². The van der Waals surface area contributed by atoms with E-state index in [2.05, 4.69) is 13.8 Å². The van der Waals surface area contributed by atoms with Crippen molar-refractivity contribution in [2.24, 2.45) is 0 Å². The van der Waals surface area contributed by atoms with Crippen molar-refractivity contribution in [3.8, 4) is 0 Å². The molecule has 5 heteroatoms. The number of esters is 1. The van der Waals surface area contributed by atoms with Gasteiger partial charge in [-0.25, -0.2) is 4.79 Å². The van der Waals surface area contributed by atoms with Crippen LogP contribution in [-0.4, -0.2) is 29.9 Å². The molecule has 0 aliphatic carbocycles. The predicted molar refractivity (Wildman–Crippen MR) is 222 cm³/mol. The Balaban J connectivity index is 3.57. The largest absolute Gasteiger partial charge is 0.454 e. The van der Waals surface area contributed by atoms with E-state index in [-0.39, 0.29) is 11.6 Å². The Morgan fingerprint density at radius 3 is 0.827 bits per heavy atom. The van der Waals surface area contributed by atoms with Crippen molar-refractivity contribution in [3.63, 3.8) is 0 Å². The average molecular weight is 729 g/mol. The van der Waals surface area contributed by atoms with E-state index < -0.39 is 18.4 Å². The lowest BCUT2D eigenvalue weighted by Crippen LogP contribution is -2.11. The standard InChI is InChI=1S/C47H84O5/c1-3-5-7-9-11-13-15-17-19-21-23-25-27-29-31-33-35-37-44(48)39-40-46(50)43-52-47(51)42-41-45(49)38-36-34-32-30-28-26-24-22-20-18-16-14-12-10-8-6-4-2/h39-42H,3-38,43H2,1-2H3/b40-39-,42-41-. The summed E-state index contributed by atoms with van der Waals surface area (Å²) in [5.74, 6) is -1.32. The van der Waals surface area contributed by atoms with Crippen molar-refractivity contribution < 1.29 is 23.9 Å². The van der Waals surface area contributed by atoms with E-state index in [1.165, 1.54) is 198 Å². The third-order valence-corrected chi connectivity index (χ3v) is 10.3. The van der Waals surface area contributed by atoms with Crippen molar-refractivity contribution in [2.45, 2.75) is 245 Å². The van der Waals surface area contributed by atoms with Gasteiger partial charge in [-0.05, 0) is 31.1 Å². The summed E-state index contributed by atoms with van der Waals surface area (Å²) < 4.78 is 4.93. The summed E-state index contributed by atoms with van der Waals surface area (Å²) in [7, 11) is 0. The summed E-state index contributed by atoms with van der Waals surface area (Å²) in [6.07, 6.45) is 49.9. The van der Waals surface area contributed by atoms with Gasteiger partial charge in [-0.2, -0.15) is 0 Å². The molecule has 0 spiro atoms. The average Bonchev–Trinajstić information content (AvgIpc) is 3.14. The summed E-state index contributed by atoms with van der Waals surface area (Å²) in [6, 6.07) is 0. The Morgan fingerprint density at radius 1 is 0.308 bits per heavy atom. The summed E-state index contributed by atoms with van der Waals surface area (Å²) >= 11 is 0. The Hall–Kier alpha value is -2.04. The van der Waals surface area contributed by atoms with E-state index in [4.69, 9.17) is 4.74 Å². The molecule has 0 fully saturated rings. The lowest BCUT2D eigenvalue weighted by molar-refractivity contribution is -0.141. The van der Waals surface area contributed by atoms with Gasteiger partial charge in [-0.15, -0.1) is 0 Å². The van der Waals surface area contributed by atoms with Gasteiger partial charge < -0.3 is 4.74 Å². The van der Waals surface area contributed by atoms with Crippen LogP contribution in [0, 0.1) is 0 Å². The fourth-order valence-corrected chi connectivity index (χ4v) is 6.80. The highest BCUT2D eigenvalue weighted by atomic mass is 16.5. The second kappa shape index (κ2) is 41.7. The molecular weight excluding hydrogens is 645 g/mol. The van der Waals surface area contributed by atoms with Gasteiger partial charge in [0.05, 0.1) is 0 Å². The van der Waals surface area contributed by atoms with E-state index in [1.54, 1.807) is 0 Å². The second-order valence-corrected chi connectivity index (χ2v) is 15.5. The minimum Gasteiger partial charge on any atom is -0.454 e. The second-order valence-electron chi connectivity index (χ2n) is 15.5. The zero-order valence-electron chi connectivity index (χ0n) is 34.5. The molecular formula is C47H84O5. The van der Waals surface area contributed by atoms with Gasteiger partial charge >= 0.3 is 5.97 Å². The molecule has 0 radical (unpaired) electrons. The van der Waals surface area contributed by atoms with Crippen LogP contribution in [0.4, 0.5) is 0 Å². The Labute approximate surface area is 322 Å². The number of carbonyl (C=O) groups is 4. The van der Waals surface area contributed by atoms with E-state index in [0.717, 1.165) is 44.6 Å². The molecule has 0 aromatic carbocycles. The van der Waals surface area contributed by atoms with E-state index in [1.807, 2.05) is 0 Å². The van der Waals surface area contributed by atoms with Crippen molar-refractivity contribution in [1.82, 2.24) is 0 Å². The van der Waals surface area contributed by atoms with Gasteiger partial charge in [0.25, 0.3) is 0 Å². The summed E-state index contributed by atoms with van der Waals surface area (Å²) in [5.41, 5.74) is 0. The first-order valence-electron chi connectivity index (χ1n) is 22.6. The Kier molecular flexibility index (Phi) is 40.1. The van der Waals surface area contributed by atoms with E-state index >= 15 is 0 Å². The van der Waals surface area contributed by atoms with E-state index in [9.17, 15) is 19.2 Å². The van der Waals surface area contributed by atoms with Gasteiger partial charge in [0.1, 0.15) is 0 Å². The minimum atomic E-state index is -0.715. The van der Waals surface area contributed by atoms with Gasteiger partial charge in [0.15, 0.2) is 24.0 Å². The number of rotatable bonds is 42. The topological polar surface area (TPSA) is 77.5 Å². The van der Waals surface area contributed by atoms with Gasteiger partial charge in [-0.3, -0.25) is 14.4 Å². The first-order valence-corrected chi connectivity index (χ1v) is 22.6. The summed E-state index contributed by atoms with van der Waals surface area (Å²) in [5, 5.41) is 0. The molecule has 0 bridgehead atoms. The maximum absolute atomic E-state index is 12.1. The molecule has 0 atom stereocenters. The maximum atomic E-state index is 12.1. The molecule has 0 heterocycles. The van der Waals surface area contributed by atoms with Crippen LogP contribution in [0.5, 0.6) is 0 Å². The molecule has 0 aromatic heterocycles. The van der Waals surface area contributed by atoms with Crippen LogP contribution in [0.2, 0.25) is 0 Å². The molecule has 52 heavy (non-hydrogen) atoms. The van der Waals surface area contributed by atoms with Crippen LogP contribution in [-0.2, 0) is 23.9 Å². The zero-order chi connectivity index (χ0) is 38.0. The van der Waals surface area contributed by atoms with Crippen molar-refractivity contribution >= 4 is 23.3 Å². The number of unbranched alkanes of at least 4 members (excludes halogenated alkanes) is 32. The fourth-order valence-electron chi connectivity index (χ4n) is 6.80. The number of ketones is 3. The summed E-state index contributed by atoms with van der Waals surface area (Å²) in [6.45, 7) is 4.11. The molecule has 0 amide bonds. The van der Waals surface area contributed by atoms with Crippen molar-refractivity contribution in [3.05, 3.63) is 24.3 Å². The lowest BCUT2D eigenvalue weighted by Gasteiger charge is -2.03. The minimum absolute atomic E-state index is 0.0736. The number of hydrogen-bond acceptors (Lipinski definition) is 5. The zero-order valence-corrected chi connectivity index (χ0v) is 34.5. The molecule has 0 aliphatic rings. The predicted octanol–water partition coefficient (Wildman–Crippen LogP) is 14.4. The van der Waals surface area contributed by atoms with E-state index in [0.29, 0.717) is 12.8 Å². The van der Waals surface area contributed by atoms with Gasteiger partial charge in [0, 0.05) is 18.9 Å². The lowest BCUT2D eigenvalue weighted by atomic mass is 10.0. The molecule has 0 saturated carbocycles. The van der Waals surface area contributed by atoms with Crippen LogP contribution in [0.3, 0.4) is 0 Å². The third-order valence-electron chi connectivity index (χ3n) is 10.3. The normalized spacial score (nSPS) is 11.6. The molecule has 0 aliphatic heterocycles. The van der Waals surface area contributed by atoms with Crippen LogP contribution >= 0.6 is 0 Å². The molecule has 302 valence electrons. The molecule has 0 unspecified atom stereocenters.